The molecule has 2 nitrogen and oxygen atoms in total. The van der Waals surface area contributed by atoms with Gasteiger partial charge < -0.3 is 4.90 Å². The number of hydrogen-bond acceptors (Lipinski definition) is 2. The second kappa shape index (κ2) is 5.78. The third kappa shape index (κ3) is 3.53. The summed E-state index contributed by atoms with van der Waals surface area (Å²) in [6, 6.07) is 10.4. The van der Waals surface area contributed by atoms with Crippen LogP contribution in [-0.2, 0) is 4.79 Å². The minimum Gasteiger partial charge on any atom is -0.303 e. The van der Waals surface area contributed by atoms with Crippen molar-refractivity contribution in [3.63, 3.8) is 0 Å². The van der Waals surface area contributed by atoms with Crippen molar-refractivity contribution in [3.8, 4) is 0 Å². The molecule has 1 unspecified atom stereocenters. The maximum atomic E-state index is 11.8. The summed E-state index contributed by atoms with van der Waals surface area (Å²) in [6.07, 6.45) is 6.64. The van der Waals surface area contributed by atoms with Crippen LogP contribution < -0.4 is 0 Å². The number of allylic oxidation sites excluding steroid dienone is 1. The zero-order valence-electron chi connectivity index (χ0n) is 10.3. The monoisotopic (exact) mass is 229 g/mol. The number of likely N-dealkylation sites (tertiary alicyclic amines) is 1. The molecule has 0 aromatic heterocycles. The molecule has 90 valence electrons. The molecule has 17 heavy (non-hydrogen) atoms. The van der Waals surface area contributed by atoms with E-state index in [9.17, 15) is 4.79 Å². The largest absolute Gasteiger partial charge is 0.303 e. The molecule has 1 aromatic rings. The van der Waals surface area contributed by atoms with Crippen molar-refractivity contribution >= 4 is 11.9 Å². The van der Waals surface area contributed by atoms with Crippen LogP contribution in [0.15, 0.2) is 36.4 Å². The second-order valence-electron chi connectivity index (χ2n) is 4.69. The first kappa shape index (κ1) is 12.1. The van der Waals surface area contributed by atoms with Gasteiger partial charge in [0.05, 0.1) is 0 Å². The van der Waals surface area contributed by atoms with Gasteiger partial charge in [0.1, 0.15) is 0 Å². The number of hydrogen-bond donors (Lipinski definition) is 0. The fourth-order valence-corrected chi connectivity index (χ4v) is 2.29. The Morgan fingerprint density at radius 1 is 1.41 bits per heavy atom. The molecular formula is C15H19NO. The summed E-state index contributed by atoms with van der Waals surface area (Å²) in [5.41, 5.74) is 1.08. The van der Waals surface area contributed by atoms with Crippen LogP contribution in [0.3, 0.4) is 0 Å². The summed E-state index contributed by atoms with van der Waals surface area (Å²) in [5.74, 6) is 0.229. The fourth-order valence-electron chi connectivity index (χ4n) is 2.29. The predicted octanol–water partition coefficient (Wildman–Crippen LogP) is 2.75. The molecule has 0 amide bonds. The van der Waals surface area contributed by atoms with Crippen LogP contribution in [0.5, 0.6) is 0 Å². The van der Waals surface area contributed by atoms with E-state index < -0.39 is 0 Å². The van der Waals surface area contributed by atoms with Crippen LogP contribution in [-0.4, -0.2) is 30.3 Å². The van der Waals surface area contributed by atoms with E-state index in [1.165, 1.54) is 6.42 Å². The van der Waals surface area contributed by atoms with Crippen molar-refractivity contribution in [3.05, 3.63) is 42.0 Å². The molecule has 0 N–H and O–H groups in total. The summed E-state index contributed by atoms with van der Waals surface area (Å²) in [7, 11) is 2.10. The van der Waals surface area contributed by atoms with E-state index in [0.717, 1.165) is 18.5 Å². The molecule has 0 saturated carbocycles. The van der Waals surface area contributed by atoms with E-state index >= 15 is 0 Å². The molecule has 1 heterocycles. The fraction of sp³-hybridized carbons (Fsp3) is 0.400. The molecular weight excluding hydrogens is 210 g/mol. The van der Waals surface area contributed by atoms with Gasteiger partial charge in [-0.05, 0) is 38.1 Å². The van der Waals surface area contributed by atoms with Crippen molar-refractivity contribution in [1.82, 2.24) is 4.90 Å². The van der Waals surface area contributed by atoms with Gasteiger partial charge in [0, 0.05) is 12.5 Å². The van der Waals surface area contributed by atoms with Gasteiger partial charge >= 0.3 is 0 Å². The van der Waals surface area contributed by atoms with Crippen molar-refractivity contribution in [1.29, 1.82) is 0 Å². The van der Waals surface area contributed by atoms with Crippen LogP contribution in [0.4, 0.5) is 0 Å². The number of rotatable bonds is 4. The molecule has 0 aliphatic carbocycles. The Morgan fingerprint density at radius 3 is 2.82 bits per heavy atom. The highest BCUT2D eigenvalue weighted by atomic mass is 16.1. The van der Waals surface area contributed by atoms with Crippen LogP contribution >= 0.6 is 0 Å². The normalized spacial score (nSPS) is 21.1. The Kier molecular flexibility index (Phi) is 4.10. The van der Waals surface area contributed by atoms with Crippen LogP contribution in [0, 0.1) is 0 Å². The first-order valence-electron chi connectivity index (χ1n) is 6.22. The summed E-state index contributed by atoms with van der Waals surface area (Å²) < 4.78 is 0. The molecule has 0 radical (unpaired) electrons. The maximum absolute atomic E-state index is 11.8. The van der Waals surface area contributed by atoms with E-state index in [1.807, 2.05) is 36.4 Å². The first-order chi connectivity index (χ1) is 8.25. The zero-order chi connectivity index (χ0) is 12.1. The maximum Gasteiger partial charge on any atom is 0.157 e. The van der Waals surface area contributed by atoms with E-state index in [0.29, 0.717) is 12.5 Å². The minimum absolute atomic E-state index is 0.229. The lowest BCUT2D eigenvalue weighted by Gasteiger charge is -2.17. The Labute approximate surface area is 103 Å². The van der Waals surface area contributed by atoms with Crippen LogP contribution in [0.1, 0.15) is 24.8 Å². The smallest absolute Gasteiger partial charge is 0.157 e. The molecule has 1 saturated heterocycles. The van der Waals surface area contributed by atoms with E-state index in [-0.39, 0.29) is 5.78 Å². The molecule has 0 spiro atoms. The molecule has 2 rings (SSSR count). The number of nitrogens with zero attached hydrogens (tertiary/aromatic N) is 1. The van der Waals surface area contributed by atoms with Gasteiger partial charge in [0.2, 0.25) is 0 Å². The number of benzene rings is 1. The lowest BCUT2D eigenvalue weighted by Crippen LogP contribution is -2.26. The van der Waals surface area contributed by atoms with Gasteiger partial charge in [0.25, 0.3) is 0 Å². The first-order valence-corrected chi connectivity index (χ1v) is 6.22. The quantitative estimate of drug-likeness (QED) is 0.740. The van der Waals surface area contributed by atoms with Gasteiger partial charge in [0.15, 0.2) is 5.78 Å². The van der Waals surface area contributed by atoms with Crippen molar-refractivity contribution in [2.45, 2.75) is 25.3 Å². The highest BCUT2D eigenvalue weighted by Crippen LogP contribution is 2.18. The van der Waals surface area contributed by atoms with E-state index in [2.05, 4.69) is 11.9 Å². The molecule has 1 aliphatic rings. The number of carbonyl (C=O) groups is 1. The van der Waals surface area contributed by atoms with Crippen molar-refractivity contribution in [2.24, 2.45) is 0 Å². The average Bonchev–Trinajstić information content (AvgIpc) is 2.74. The number of carbonyl (C=O) groups excluding carboxylic acids is 1. The highest BCUT2D eigenvalue weighted by Gasteiger charge is 2.22. The number of ketones is 1. The zero-order valence-corrected chi connectivity index (χ0v) is 10.3. The topological polar surface area (TPSA) is 20.3 Å². The summed E-state index contributed by atoms with van der Waals surface area (Å²) in [6.45, 7) is 1.13. The third-order valence-corrected chi connectivity index (χ3v) is 3.37. The molecule has 1 fully saturated rings. The highest BCUT2D eigenvalue weighted by molar-refractivity contribution is 5.93. The van der Waals surface area contributed by atoms with Gasteiger partial charge in [-0.1, -0.05) is 36.4 Å². The second-order valence-corrected chi connectivity index (χ2v) is 4.69. The summed E-state index contributed by atoms with van der Waals surface area (Å²) in [4.78, 5) is 14.1. The summed E-state index contributed by atoms with van der Waals surface area (Å²) >= 11 is 0. The Balaban J connectivity index is 1.87. The van der Waals surface area contributed by atoms with Crippen molar-refractivity contribution in [2.75, 3.05) is 13.6 Å². The minimum atomic E-state index is 0.229. The predicted molar refractivity (Wildman–Crippen MR) is 70.8 cm³/mol. The average molecular weight is 229 g/mol. The SMILES string of the molecule is CN1CCCC1CC(=O)C=Cc1ccccc1. The molecule has 2 heteroatoms. The van der Waals surface area contributed by atoms with E-state index in [4.69, 9.17) is 0 Å². The molecule has 1 atom stereocenters. The van der Waals surface area contributed by atoms with Gasteiger partial charge in [-0.3, -0.25) is 4.79 Å². The van der Waals surface area contributed by atoms with E-state index in [1.54, 1.807) is 6.08 Å². The van der Waals surface area contributed by atoms with Crippen LogP contribution in [0.25, 0.3) is 6.08 Å². The standard InChI is InChI=1S/C15H19NO/c1-16-11-5-8-14(16)12-15(17)10-9-13-6-3-2-4-7-13/h2-4,6-7,9-10,14H,5,8,11-12H2,1H3. The van der Waals surface area contributed by atoms with Crippen molar-refractivity contribution < 1.29 is 4.79 Å². The Hall–Kier alpha value is -1.41. The molecule has 0 bridgehead atoms. The van der Waals surface area contributed by atoms with Gasteiger partial charge in [-0.25, -0.2) is 0 Å². The molecule has 1 aromatic carbocycles. The Bertz CT molecular complexity index is 397. The lowest BCUT2D eigenvalue weighted by molar-refractivity contribution is -0.115. The Morgan fingerprint density at radius 2 is 2.18 bits per heavy atom. The molecule has 1 aliphatic heterocycles. The lowest BCUT2D eigenvalue weighted by atomic mass is 10.1. The van der Waals surface area contributed by atoms with Crippen LogP contribution in [0.2, 0.25) is 0 Å². The summed E-state index contributed by atoms with van der Waals surface area (Å²) in [5, 5.41) is 0. The third-order valence-electron chi connectivity index (χ3n) is 3.37. The van der Waals surface area contributed by atoms with Gasteiger partial charge in [-0.2, -0.15) is 0 Å². The van der Waals surface area contributed by atoms with Gasteiger partial charge in [-0.15, -0.1) is 0 Å².